The van der Waals surface area contributed by atoms with E-state index < -0.39 is 10.8 Å². The number of ether oxygens (including phenoxy) is 3. The largest absolute Gasteiger partial charge is 0.493 e. The molecule has 0 spiro atoms. The van der Waals surface area contributed by atoms with E-state index in [9.17, 15) is 14.9 Å². The molecule has 0 aliphatic carbocycles. The van der Waals surface area contributed by atoms with Crippen molar-refractivity contribution < 1.29 is 23.9 Å². The van der Waals surface area contributed by atoms with Crippen molar-refractivity contribution in [2.24, 2.45) is 0 Å². The summed E-state index contributed by atoms with van der Waals surface area (Å²) in [4.78, 5) is 22.6. The first-order valence-electron chi connectivity index (χ1n) is 7.42. The number of halogens is 1. The monoisotopic (exact) mass is 380 g/mol. The number of hydrogen-bond acceptors (Lipinski definition) is 6. The lowest BCUT2D eigenvalue weighted by molar-refractivity contribution is -0.384. The van der Waals surface area contributed by atoms with E-state index in [1.54, 1.807) is 12.1 Å². The topological polar surface area (TPSA) is 99.9 Å². The number of nitro groups is 1. The molecule has 1 N–H and O–H groups in total. The van der Waals surface area contributed by atoms with Gasteiger partial charge < -0.3 is 19.5 Å². The van der Waals surface area contributed by atoms with E-state index in [0.29, 0.717) is 22.8 Å². The molecular formula is C17H17ClN2O6. The molecule has 0 bridgehead atoms. The number of methoxy groups -OCH3 is 3. The molecule has 2 aromatic rings. The van der Waals surface area contributed by atoms with Gasteiger partial charge in [0.05, 0.1) is 26.3 Å². The zero-order valence-electron chi connectivity index (χ0n) is 14.4. The van der Waals surface area contributed by atoms with Gasteiger partial charge in [0.1, 0.15) is 5.02 Å². The third-order valence-corrected chi connectivity index (χ3v) is 3.95. The van der Waals surface area contributed by atoms with E-state index in [-0.39, 0.29) is 22.8 Å². The van der Waals surface area contributed by atoms with Crippen molar-refractivity contribution in [3.05, 3.63) is 56.6 Å². The molecular weight excluding hydrogens is 364 g/mol. The van der Waals surface area contributed by atoms with Crippen molar-refractivity contribution in [3.63, 3.8) is 0 Å². The van der Waals surface area contributed by atoms with Crippen LogP contribution in [0.3, 0.4) is 0 Å². The van der Waals surface area contributed by atoms with Gasteiger partial charge in [-0.15, -0.1) is 0 Å². The zero-order valence-corrected chi connectivity index (χ0v) is 15.1. The molecule has 0 aliphatic heterocycles. The normalized spacial score (nSPS) is 10.2. The first kappa shape index (κ1) is 19.3. The minimum Gasteiger partial charge on any atom is -0.493 e. The minimum atomic E-state index is -0.642. The summed E-state index contributed by atoms with van der Waals surface area (Å²) in [6.07, 6.45) is 0. The van der Waals surface area contributed by atoms with Gasteiger partial charge in [0.2, 0.25) is 5.75 Å². The van der Waals surface area contributed by atoms with Crippen molar-refractivity contribution in [1.29, 1.82) is 0 Å². The van der Waals surface area contributed by atoms with Crippen LogP contribution in [0, 0.1) is 10.1 Å². The first-order valence-corrected chi connectivity index (χ1v) is 7.80. The van der Waals surface area contributed by atoms with E-state index in [0.717, 1.165) is 6.07 Å². The molecule has 0 aliphatic rings. The highest BCUT2D eigenvalue weighted by Gasteiger charge is 2.18. The number of amides is 1. The summed E-state index contributed by atoms with van der Waals surface area (Å²) in [5.41, 5.74) is 0.450. The van der Waals surface area contributed by atoms with E-state index in [1.807, 2.05) is 0 Å². The van der Waals surface area contributed by atoms with Crippen molar-refractivity contribution in [2.75, 3.05) is 21.3 Å². The second-order valence-electron chi connectivity index (χ2n) is 5.10. The van der Waals surface area contributed by atoms with Crippen LogP contribution in [0.2, 0.25) is 5.02 Å². The molecule has 0 heterocycles. The maximum atomic E-state index is 12.3. The maximum Gasteiger partial charge on any atom is 0.288 e. The fourth-order valence-electron chi connectivity index (χ4n) is 2.37. The molecule has 0 radical (unpaired) electrons. The number of nitrogens with one attached hydrogen (secondary N) is 1. The van der Waals surface area contributed by atoms with Crippen LogP contribution in [0.4, 0.5) is 5.69 Å². The Hall–Kier alpha value is -3.00. The van der Waals surface area contributed by atoms with Crippen molar-refractivity contribution in [3.8, 4) is 17.2 Å². The quantitative estimate of drug-likeness (QED) is 0.584. The average molecular weight is 381 g/mol. The Morgan fingerprint density at radius 1 is 1.12 bits per heavy atom. The highest BCUT2D eigenvalue weighted by Crippen LogP contribution is 2.39. The van der Waals surface area contributed by atoms with Gasteiger partial charge in [-0.2, -0.15) is 0 Å². The molecule has 0 saturated heterocycles. The highest BCUT2D eigenvalue weighted by atomic mass is 35.5. The van der Waals surface area contributed by atoms with E-state index in [4.69, 9.17) is 25.8 Å². The summed E-state index contributed by atoms with van der Waals surface area (Å²) in [7, 11) is 4.47. The summed E-state index contributed by atoms with van der Waals surface area (Å²) >= 11 is 5.75. The Morgan fingerprint density at radius 2 is 1.81 bits per heavy atom. The fourth-order valence-corrected chi connectivity index (χ4v) is 2.56. The van der Waals surface area contributed by atoms with Gasteiger partial charge in [-0.05, 0) is 24.3 Å². The molecule has 2 rings (SSSR count). The lowest BCUT2D eigenvalue weighted by atomic mass is 10.1. The third-order valence-electron chi connectivity index (χ3n) is 3.63. The van der Waals surface area contributed by atoms with Gasteiger partial charge in [0.15, 0.2) is 11.5 Å². The van der Waals surface area contributed by atoms with Crippen LogP contribution in [0.1, 0.15) is 15.9 Å². The average Bonchev–Trinajstić information content (AvgIpc) is 2.65. The summed E-state index contributed by atoms with van der Waals surface area (Å²) in [5, 5.41) is 13.6. The number of nitro benzene ring substituents is 1. The van der Waals surface area contributed by atoms with Gasteiger partial charge in [0, 0.05) is 23.7 Å². The number of rotatable bonds is 7. The third kappa shape index (κ3) is 3.97. The smallest absolute Gasteiger partial charge is 0.288 e. The van der Waals surface area contributed by atoms with Crippen LogP contribution in [-0.2, 0) is 6.54 Å². The van der Waals surface area contributed by atoms with Gasteiger partial charge >= 0.3 is 0 Å². The Labute approximate surface area is 154 Å². The Morgan fingerprint density at radius 3 is 2.38 bits per heavy atom. The molecule has 0 atom stereocenters. The van der Waals surface area contributed by atoms with Crippen LogP contribution < -0.4 is 19.5 Å². The maximum absolute atomic E-state index is 12.3. The molecule has 2 aromatic carbocycles. The summed E-state index contributed by atoms with van der Waals surface area (Å²) in [6, 6.07) is 7.27. The minimum absolute atomic E-state index is 0.0342. The van der Waals surface area contributed by atoms with E-state index in [1.165, 1.54) is 33.5 Å². The number of nitrogens with zero attached hydrogens (tertiary/aromatic N) is 1. The SMILES string of the molecule is COc1ccc(CNC(=O)c2ccc(Cl)c([N+](=O)[O-])c2)c(OC)c1OC. The van der Waals surface area contributed by atoms with E-state index in [2.05, 4.69) is 5.32 Å². The molecule has 0 saturated carbocycles. The van der Waals surface area contributed by atoms with Crippen LogP contribution in [0.25, 0.3) is 0 Å². The number of carbonyl (C=O) groups excluding carboxylic acids is 1. The lowest BCUT2D eigenvalue weighted by Gasteiger charge is -2.16. The van der Waals surface area contributed by atoms with Gasteiger partial charge in [-0.1, -0.05) is 11.6 Å². The molecule has 0 fully saturated rings. The second kappa shape index (κ2) is 8.39. The molecule has 9 heteroatoms. The Bertz CT molecular complexity index is 840. The first-order chi connectivity index (χ1) is 12.4. The van der Waals surface area contributed by atoms with Crippen LogP contribution in [0.5, 0.6) is 17.2 Å². The van der Waals surface area contributed by atoms with Crippen LogP contribution >= 0.6 is 11.6 Å². The standard InChI is InChI=1S/C17H17ClN2O6/c1-24-14-7-5-11(15(25-2)16(14)26-3)9-19-17(21)10-4-6-12(18)13(8-10)20(22)23/h4-8H,9H2,1-3H3,(H,19,21). The number of benzene rings is 2. The van der Waals surface area contributed by atoms with Gasteiger partial charge in [-0.3, -0.25) is 14.9 Å². The van der Waals surface area contributed by atoms with Gasteiger partial charge in [0.25, 0.3) is 11.6 Å². The summed E-state index contributed by atoms with van der Waals surface area (Å²) in [5.74, 6) is 0.840. The zero-order chi connectivity index (χ0) is 19.3. The second-order valence-corrected chi connectivity index (χ2v) is 5.51. The molecule has 0 aromatic heterocycles. The Balaban J connectivity index is 2.22. The lowest BCUT2D eigenvalue weighted by Crippen LogP contribution is -2.23. The predicted octanol–water partition coefficient (Wildman–Crippen LogP) is 3.20. The van der Waals surface area contributed by atoms with Crippen LogP contribution in [0.15, 0.2) is 30.3 Å². The molecule has 26 heavy (non-hydrogen) atoms. The molecule has 1 amide bonds. The van der Waals surface area contributed by atoms with Crippen LogP contribution in [-0.4, -0.2) is 32.2 Å². The highest BCUT2D eigenvalue weighted by molar-refractivity contribution is 6.32. The molecule has 138 valence electrons. The number of carbonyl (C=O) groups is 1. The van der Waals surface area contributed by atoms with E-state index >= 15 is 0 Å². The summed E-state index contributed by atoms with van der Waals surface area (Å²) < 4.78 is 15.9. The predicted molar refractivity (Wildman–Crippen MR) is 95.4 cm³/mol. The van der Waals surface area contributed by atoms with Gasteiger partial charge in [-0.25, -0.2) is 0 Å². The molecule has 8 nitrogen and oxygen atoms in total. The number of hydrogen-bond donors (Lipinski definition) is 1. The fraction of sp³-hybridized carbons (Fsp3) is 0.235. The Kier molecular flexibility index (Phi) is 6.24. The van der Waals surface area contributed by atoms with Crippen molar-refractivity contribution in [1.82, 2.24) is 5.32 Å². The van der Waals surface area contributed by atoms with Crippen molar-refractivity contribution in [2.45, 2.75) is 6.54 Å². The molecule has 0 unspecified atom stereocenters. The van der Waals surface area contributed by atoms with Crippen molar-refractivity contribution >= 4 is 23.2 Å². The summed E-state index contributed by atoms with van der Waals surface area (Å²) in [6.45, 7) is 0.124.